The molecule has 10 nitrogen and oxygen atoms in total. The number of carbonyl (C=O) groups excluding carboxylic acids is 1. The standard InChI is InChI=1S/C21H27F3N4O6S2/c1-13(2)35(30,31)16-5-4-9-28(10-8-16)36(32,33)27-19(29)18-12-34-20(26-18)25-17-11-15(21(22,23)24)7-6-14(17)3/h6-7,11-13,16H,4-5,8-10H2,1-3H3,(H,25,26)(H,27,29). The third-order valence-electron chi connectivity index (χ3n) is 5.86. The van der Waals surface area contributed by atoms with Crippen LogP contribution < -0.4 is 10.0 Å². The highest BCUT2D eigenvalue weighted by atomic mass is 32.2. The highest BCUT2D eigenvalue weighted by Crippen LogP contribution is 2.33. The number of sulfone groups is 1. The van der Waals surface area contributed by atoms with Gasteiger partial charge in [0.25, 0.3) is 11.9 Å². The average molecular weight is 553 g/mol. The molecule has 1 fully saturated rings. The summed E-state index contributed by atoms with van der Waals surface area (Å²) in [6, 6.07) is 2.72. The van der Waals surface area contributed by atoms with Crippen LogP contribution in [0.3, 0.4) is 0 Å². The summed E-state index contributed by atoms with van der Waals surface area (Å²) in [5.74, 6) is -1.11. The highest BCUT2D eigenvalue weighted by Gasteiger charge is 2.34. The molecule has 1 unspecified atom stereocenters. The summed E-state index contributed by atoms with van der Waals surface area (Å²) in [4.78, 5) is 16.3. The molecule has 2 aromatic rings. The number of aromatic nitrogens is 1. The van der Waals surface area contributed by atoms with Crippen molar-refractivity contribution in [1.29, 1.82) is 0 Å². The van der Waals surface area contributed by atoms with Gasteiger partial charge in [0.15, 0.2) is 15.5 Å². The van der Waals surface area contributed by atoms with Crippen molar-refractivity contribution in [2.45, 2.75) is 56.7 Å². The quantitative estimate of drug-likeness (QED) is 0.533. The van der Waals surface area contributed by atoms with Crippen LogP contribution in [0, 0.1) is 6.92 Å². The molecule has 1 aromatic heterocycles. The SMILES string of the molecule is Cc1ccc(C(F)(F)F)cc1Nc1nc(C(=O)NS(=O)(=O)N2CCCC(S(=O)(=O)C(C)C)CC2)co1. The minimum Gasteiger partial charge on any atom is -0.431 e. The van der Waals surface area contributed by atoms with Crippen LogP contribution in [0.2, 0.25) is 0 Å². The van der Waals surface area contributed by atoms with Gasteiger partial charge in [0.2, 0.25) is 0 Å². The zero-order valence-electron chi connectivity index (χ0n) is 19.8. The van der Waals surface area contributed by atoms with Crippen LogP contribution in [0.15, 0.2) is 28.9 Å². The van der Waals surface area contributed by atoms with Crippen molar-refractivity contribution in [1.82, 2.24) is 14.0 Å². The first-order valence-electron chi connectivity index (χ1n) is 11.1. The van der Waals surface area contributed by atoms with E-state index in [0.29, 0.717) is 18.4 Å². The topological polar surface area (TPSA) is 139 Å². The Morgan fingerprint density at radius 2 is 1.86 bits per heavy atom. The van der Waals surface area contributed by atoms with Gasteiger partial charge in [-0.1, -0.05) is 6.07 Å². The molecule has 0 bridgehead atoms. The maximum atomic E-state index is 13.0. The van der Waals surface area contributed by atoms with Crippen LogP contribution in [0.5, 0.6) is 0 Å². The zero-order valence-corrected chi connectivity index (χ0v) is 21.4. The number of oxazole rings is 1. The van der Waals surface area contributed by atoms with Gasteiger partial charge in [-0.15, -0.1) is 0 Å². The Hall–Kier alpha value is -2.65. The van der Waals surface area contributed by atoms with Gasteiger partial charge in [-0.05, 0) is 57.7 Å². The summed E-state index contributed by atoms with van der Waals surface area (Å²) < 4.78 is 97.4. The maximum absolute atomic E-state index is 13.0. The Labute approximate surface area is 207 Å². The number of hydrogen-bond acceptors (Lipinski definition) is 8. The van der Waals surface area contributed by atoms with E-state index in [1.54, 1.807) is 20.8 Å². The Bertz CT molecular complexity index is 1320. The molecule has 2 heterocycles. The number of halogens is 3. The summed E-state index contributed by atoms with van der Waals surface area (Å²) in [6.45, 7) is 4.66. The Kier molecular flexibility index (Phi) is 8.05. The smallest absolute Gasteiger partial charge is 0.416 e. The fraction of sp³-hybridized carbons (Fsp3) is 0.524. The molecule has 0 radical (unpaired) electrons. The van der Waals surface area contributed by atoms with Gasteiger partial charge in [-0.25, -0.2) is 13.1 Å². The minimum absolute atomic E-state index is 0.0349. The number of anilines is 2. The van der Waals surface area contributed by atoms with Crippen molar-refractivity contribution in [3.05, 3.63) is 41.3 Å². The number of nitrogens with one attached hydrogen (secondary N) is 2. The lowest BCUT2D eigenvalue weighted by atomic mass is 10.1. The van der Waals surface area contributed by atoms with E-state index in [2.05, 4.69) is 10.3 Å². The molecule has 1 aliphatic rings. The van der Waals surface area contributed by atoms with E-state index < -0.39 is 53.9 Å². The van der Waals surface area contributed by atoms with Crippen LogP contribution in [0.1, 0.15) is 54.7 Å². The first-order chi connectivity index (χ1) is 16.6. The number of carbonyl (C=O) groups is 1. The fourth-order valence-electron chi connectivity index (χ4n) is 3.71. The van der Waals surface area contributed by atoms with Gasteiger partial charge < -0.3 is 9.73 Å². The van der Waals surface area contributed by atoms with Gasteiger partial charge in [-0.2, -0.15) is 30.9 Å². The second-order valence-electron chi connectivity index (χ2n) is 8.72. The number of aryl methyl sites for hydroxylation is 1. The van der Waals surface area contributed by atoms with Crippen molar-refractivity contribution in [2.75, 3.05) is 18.4 Å². The Balaban J connectivity index is 1.68. The van der Waals surface area contributed by atoms with E-state index in [1.165, 1.54) is 6.07 Å². The lowest BCUT2D eigenvalue weighted by Gasteiger charge is -2.20. The largest absolute Gasteiger partial charge is 0.431 e. The number of alkyl halides is 3. The normalized spacial score (nSPS) is 18.1. The van der Waals surface area contributed by atoms with E-state index >= 15 is 0 Å². The van der Waals surface area contributed by atoms with E-state index in [-0.39, 0.29) is 31.2 Å². The number of rotatable bonds is 7. The molecular formula is C21H27F3N4O6S2. The summed E-state index contributed by atoms with van der Waals surface area (Å²) in [5.41, 5.74) is -0.816. The lowest BCUT2D eigenvalue weighted by Crippen LogP contribution is -2.44. The van der Waals surface area contributed by atoms with Crippen LogP contribution in [-0.2, 0) is 26.2 Å². The van der Waals surface area contributed by atoms with Gasteiger partial charge in [0, 0.05) is 18.8 Å². The summed E-state index contributed by atoms with van der Waals surface area (Å²) in [6.07, 6.45) is -2.98. The summed E-state index contributed by atoms with van der Waals surface area (Å²) >= 11 is 0. The molecule has 1 aliphatic heterocycles. The average Bonchev–Trinajstić information content (AvgIpc) is 3.07. The molecule has 1 amide bonds. The van der Waals surface area contributed by atoms with E-state index in [0.717, 1.165) is 22.7 Å². The van der Waals surface area contributed by atoms with Crippen molar-refractivity contribution >= 4 is 37.7 Å². The maximum Gasteiger partial charge on any atom is 0.416 e. The molecule has 15 heteroatoms. The monoisotopic (exact) mass is 552 g/mol. The lowest BCUT2D eigenvalue weighted by molar-refractivity contribution is -0.137. The molecule has 1 atom stereocenters. The van der Waals surface area contributed by atoms with E-state index in [4.69, 9.17) is 4.42 Å². The predicted octanol–water partition coefficient (Wildman–Crippen LogP) is 3.40. The van der Waals surface area contributed by atoms with Crippen molar-refractivity contribution in [2.24, 2.45) is 0 Å². The molecule has 3 rings (SSSR count). The van der Waals surface area contributed by atoms with E-state index in [1.807, 2.05) is 4.72 Å². The second kappa shape index (κ2) is 10.4. The number of hydrogen-bond donors (Lipinski definition) is 2. The molecule has 0 spiro atoms. The first kappa shape index (κ1) is 27.9. The molecule has 1 aromatic carbocycles. The summed E-state index contributed by atoms with van der Waals surface area (Å²) in [5, 5.41) is 1.30. The fourth-order valence-corrected chi connectivity index (χ4v) is 6.59. The second-order valence-corrected chi connectivity index (χ2v) is 13.2. The van der Waals surface area contributed by atoms with Crippen molar-refractivity contribution < 1.29 is 39.2 Å². The number of amides is 1. The van der Waals surface area contributed by atoms with Crippen LogP contribution in [0.25, 0.3) is 0 Å². The minimum atomic E-state index is -4.56. The third-order valence-corrected chi connectivity index (χ3v) is 10.1. The van der Waals surface area contributed by atoms with Crippen LogP contribution >= 0.6 is 0 Å². The molecule has 0 aliphatic carbocycles. The van der Waals surface area contributed by atoms with E-state index in [9.17, 15) is 34.8 Å². The first-order valence-corrected chi connectivity index (χ1v) is 14.1. The van der Waals surface area contributed by atoms with Gasteiger partial charge in [-0.3, -0.25) is 4.79 Å². The molecule has 0 saturated carbocycles. The van der Waals surface area contributed by atoms with Gasteiger partial charge in [0.1, 0.15) is 6.26 Å². The number of benzene rings is 1. The Morgan fingerprint density at radius 1 is 1.17 bits per heavy atom. The van der Waals surface area contributed by atoms with Crippen molar-refractivity contribution in [3.63, 3.8) is 0 Å². The van der Waals surface area contributed by atoms with Crippen LogP contribution in [-0.4, -0.2) is 55.6 Å². The molecule has 200 valence electrons. The highest BCUT2D eigenvalue weighted by molar-refractivity contribution is 7.92. The molecule has 1 saturated heterocycles. The van der Waals surface area contributed by atoms with Crippen molar-refractivity contribution in [3.8, 4) is 0 Å². The van der Waals surface area contributed by atoms with Gasteiger partial charge in [0.05, 0.1) is 16.1 Å². The number of nitrogens with zero attached hydrogens (tertiary/aromatic N) is 2. The molecule has 2 N–H and O–H groups in total. The Morgan fingerprint density at radius 3 is 2.50 bits per heavy atom. The summed E-state index contributed by atoms with van der Waals surface area (Å²) in [7, 11) is -7.71. The predicted molar refractivity (Wildman–Crippen MR) is 126 cm³/mol. The molecule has 36 heavy (non-hydrogen) atoms. The molecular weight excluding hydrogens is 525 g/mol. The van der Waals surface area contributed by atoms with Crippen LogP contribution in [0.4, 0.5) is 24.9 Å². The zero-order chi connectivity index (χ0) is 26.9. The van der Waals surface area contributed by atoms with Gasteiger partial charge >= 0.3 is 16.4 Å². The third kappa shape index (κ3) is 6.37.